The zero-order valence-corrected chi connectivity index (χ0v) is 14.0. The Bertz CT molecular complexity index is 815. The van der Waals surface area contributed by atoms with Crippen LogP contribution in [0.1, 0.15) is 34.6 Å². The lowest BCUT2D eigenvalue weighted by Gasteiger charge is -2.04. The molecular formula is C19H20N2O3. The maximum Gasteiger partial charge on any atom is 0.337 e. The van der Waals surface area contributed by atoms with Crippen LogP contribution >= 0.6 is 0 Å². The molecule has 5 heteroatoms. The molecule has 0 saturated heterocycles. The first-order chi connectivity index (χ1) is 11.5. The smallest absolute Gasteiger partial charge is 0.337 e. The Balaban J connectivity index is 2.21. The zero-order chi connectivity index (χ0) is 17.5. The summed E-state index contributed by atoms with van der Waals surface area (Å²) in [5, 5.41) is 0. The van der Waals surface area contributed by atoms with Crippen LogP contribution in [0.3, 0.4) is 0 Å². The van der Waals surface area contributed by atoms with Crippen molar-refractivity contribution < 1.29 is 14.3 Å². The Labute approximate surface area is 140 Å². The highest BCUT2D eigenvalue weighted by molar-refractivity contribution is 5.94. The second-order valence-corrected chi connectivity index (χ2v) is 5.44. The number of benzene rings is 1. The van der Waals surface area contributed by atoms with E-state index in [0.717, 1.165) is 5.56 Å². The molecule has 2 aromatic rings. The van der Waals surface area contributed by atoms with E-state index >= 15 is 0 Å². The number of rotatable bonds is 4. The van der Waals surface area contributed by atoms with Gasteiger partial charge in [-0.05, 0) is 49.8 Å². The Morgan fingerprint density at radius 3 is 2.46 bits per heavy atom. The fraction of sp³-hybridized carbons (Fsp3) is 0.211. The molecule has 0 bridgehead atoms. The van der Waals surface area contributed by atoms with Gasteiger partial charge in [-0.1, -0.05) is 18.2 Å². The van der Waals surface area contributed by atoms with E-state index in [4.69, 9.17) is 0 Å². The topological polar surface area (TPSA) is 60.7 Å². The lowest BCUT2D eigenvalue weighted by atomic mass is 10.1. The van der Waals surface area contributed by atoms with Crippen molar-refractivity contribution >= 4 is 18.0 Å². The molecule has 0 amide bonds. The van der Waals surface area contributed by atoms with Gasteiger partial charge in [0.1, 0.15) is 5.49 Å². The molecule has 0 aliphatic rings. The van der Waals surface area contributed by atoms with Gasteiger partial charge < -0.3 is 4.74 Å². The van der Waals surface area contributed by atoms with E-state index in [9.17, 15) is 9.59 Å². The summed E-state index contributed by atoms with van der Waals surface area (Å²) in [6.45, 7) is 3.92. The molecule has 1 aromatic heterocycles. The standard InChI is InChI=1S/C19H20N2O3/c1-14(2)20-17-6-4-5-13-21(17)18(22)12-9-15-7-10-16(11-8-15)19(23)24-3/h4-14H,1-3H3/b12-9-,20-17?. The van der Waals surface area contributed by atoms with E-state index in [1.54, 1.807) is 48.7 Å². The van der Waals surface area contributed by atoms with Crippen LogP contribution in [0.4, 0.5) is 0 Å². The summed E-state index contributed by atoms with van der Waals surface area (Å²) in [6, 6.07) is 12.4. The average Bonchev–Trinajstić information content (AvgIpc) is 2.59. The number of ether oxygens (including phenoxy) is 1. The van der Waals surface area contributed by atoms with Crippen LogP contribution < -0.4 is 5.49 Å². The van der Waals surface area contributed by atoms with Gasteiger partial charge >= 0.3 is 5.97 Å². The molecular weight excluding hydrogens is 304 g/mol. The zero-order valence-electron chi connectivity index (χ0n) is 14.0. The Hall–Kier alpha value is -2.95. The molecule has 5 nitrogen and oxygen atoms in total. The van der Waals surface area contributed by atoms with Gasteiger partial charge in [-0.2, -0.15) is 0 Å². The molecule has 124 valence electrons. The molecule has 0 atom stereocenters. The van der Waals surface area contributed by atoms with Crippen molar-refractivity contribution in [1.29, 1.82) is 0 Å². The number of carbonyl (C=O) groups is 2. The summed E-state index contributed by atoms with van der Waals surface area (Å²) in [4.78, 5) is 28.2. The van der Waals surface area contributed by atoms with E-state index in [-0.39, 0.29) is 17.9 Å². The number of hydrogen-bond acceptors (Lipinski definition) is 4. The molecule has 1 heterocycles. The number of carbonyl (C=O) groups excluding carboxylic acids is 2. The summed E-state index contributed by atoms with van der Waals surface area (Å²) in [5.74, 6) is -0.576. The highest BCUT2D eigenvalue weighted by atomic mass is 16.5. The van der Waals surface area contributed by atoms with Crippen LogP contribution in [-0.4, -0.2) is 29.6 Å². The number of aromatic nitrogens is 1. The van der Waals surface area contributed by atoms with Crippen LogP contribution in [0, 0.1) is 0 Å². The Morgan fingerprint density at radius 1 is 1.12 bits per heavy atom. The van der Waals surface area contributed by atoms with E-state index < -0.39 is 0 Å². The van der Waals surface area contributed by atoms with Crippen LogP contribution in [0.15, 0.2) is 59.7 Å². The third-order valence-corrected chi connectivity index (χ3v) is 3.22. The number of hydrogen-bond donors (Lipinski definition) is 0. The number of nitrogens with zero attached hydrogens (tertiary/aromatic N) is 2. The van der Waals surface area contributed by atoms with E-state index in [1.165, 1.54) is 17.8 Å². The predicted octanol–water partition coefficient (Wildman–Crippen LogP) is 2.94. The van der Waals surface area contributed by atoms with Crippen molar-refractivity contribution in [2.45, 2.75) is 19.9 Å². The van der Waals surface area contributed by atoms with Gasteiger partial charge in [-0.3, -0.25) is 14.4 Å². The van der Waals surface area contributed by atoms with Crippen LogP contribution in [0.25, 0.3) is 6.08 Å². The highest BCUT2D eigenvalue weighted by Gasteiger charge is 2.04. The van der Waals surface area contributed by atoms with Gasteiger partial charge in [0.25, 0.3) is 5.91 Å². The summed E-state index contributed by atoms with van der Waals surface area (Å²) >= 11 is 0. The van der Waals surface area contributed by atoms with Crippen molar-refractivity contribution in [3.63, 3.8) is 0 Å². The molecule has 0 aliphatic heterocycles. The third-order valence-electron chi connectivity index (χ3n) is 3.22. The van der Waals surface area contributed by atoms with Gasteiger partial charge in [0.05, 0.1) is 12.7 Å². The van der Waals surface area contributed by atoms with Crippen molar-refractivity contribution in [3.05, 3.63) is 71.4 Å². The SMILES string of the molecule is COC(=O)c1ccc(/C=C\C(=O)n2ccccc2=NC(C)C)cc1. The van der Waals surface area contributed by atoms with Crippen molar-refractivity contribution in [1.82, 2.24) is 4.57 Å². The summed E-state index contributed by atoms with van der Waals surface area (Å²) < 4.78 is 6.15. The summed E-state index contributed by atoms with van der Waals surface area (Å²) in [7, 11) is 1.34. The van der Waals surface area contributed by atoms with Gasteiger partial charge in [-0.25, -0.2) is 4.79 Å². The second kappa shape index (κ2) is 8.06. The van der Waals surface area contributed by atoms with Crippen LogP contribution in [0.5, 0.6) is 0 Å². The van der Waals surface area contributed by atoms with Gasteiger partial charge in [0, 0.05) is 18.3 Å². The quantitative estimate of drug-likeness (QED) is 0.642. The van der Waals surface area contributed by atoms with Gasteiger partial charge in [0.15, 0.2) is 0 Å². The fourth-order valence-corrected chi connectivity index (χ4v) is 2.09. The number of allylic oxidation sites excluding steroid dienone is 1. The summed E-state index contributed by atoms with van der Waals surface area (Å²) in [5.41, 5.74) is 1.90. The third kappa shape index (κ3) is 4.52. The molecule has 0 fully saturated rings. The average molecular weight is 324 g/mol. The molecule has 0 unspecified atom stereocenters. The largest absolute Gasteiger partial charge is 0.465 e. The number of esters is 1. The van der Waals surface area contributed by atoms with Crippen LogP contribution in [-0.2, 0) is 4.74 Å². The minimum absolute atomic E-state index is 0.0984. The molecule has 2 rings (SSSR count). The predicted molar refractivity (Wildman–Crippen MR) is 92.6 cm³/mol. The first kappa shape index (κ1) is 17.4. The number of methoxy groups -OCH3 is 1. The molecule has 0 N–H and O–H groups in total. The fourth-order valence-electron chi connectivity index (χ4n) is 2.09. The number of pyridine rings is 1. The first-order valence-corrected chi connectivity index (χ1v) is 7.63. The summed E-state index contributed by atoms with van der Waals surface area (Å²) in [6.07, 6.45) is 4.86. The van der Waals surface area contributed by atoms with Crippen molar-refractivity contribution in [2.24, 2.45) is 4.99 Å². The molecule has 0 aliphatic carbocycles. The minimum atomic E-state index is -0.388. The Morgan fingerprint density at radius 2 is 1.83 bits per heavy atom. The highest BCUT2D eigenvalue weighted by Crippen LogP contribution is 2.07. The van der Waals surface area contributed by atoms with Gasteiger partial charge in [0.2, 0.25) is 0 Å². The molecule has 0 radical (unpaired) electrons. The van der Waals surface area contributed by atoms with Crippen LogP contribution in [0.2, 0.25) is 0 Å². The van der Waals surface area contributed by atoms with Crippen molar-refractivity contribution in [3.8, 4) is 0 Å². The lowest BCUT2D eigenvalue weighted by molar-refractivity contribution is 0.0600. The maximum atomic E-state index is 12.4. The molecule has 1 aromatic carbocycles. The molecule has 24 heavy (non-hydrogen) atoms. The minimum Gasteiger partial charge on any atom is -0.465 e. The lowest BCUT2D eigenvalue weighted by Crippen LogP contribution is -2.26. The second-order valence-electron chi connectivity index (χ2n) is 5.44. The van der Waals surface area contributed by atoms with Gasteiger partial charge in [-0.15, -0.1) is 0 Å². The first-order valence-electron chi connectivity index (χ1n) is 7.63. The van der Waals surface area contributed by atoms with E-state index in [0.29, 0.717) is 11.1 Å². The van der Waals surface area contributed by atoms with Crippen molar-refractivity contribution in [2.75, 3.05) is 7.11 Å². The van der Waals surface area contributed by atoms with E-state index in [1.807, 2.05) is 19.9 Å². The Kier molecular flexibility index (Phi) is 5.84. The monoisotopic (exact) mass is 324 g/mol. The maximum absolute atomic E-state index is 12.4. The van der Waals surface area contributed by atoms with E-state index in [2.05, 4.69) is 9.73 Å². The molecule has 0 spiro atoms. The molecule has 0 saturated carbocycles. The normalized spacial score (nSPS) is 11.9.